The highest BCUT2D eigenvalue weighted by molar-refractivity contribution is 6.09. The predicted molar refractivity (Wildman–Crippen MR) is 66.0 cm³/mol. The summed E-state index contributed by atoms with van der Waals surface area (Å²) >= 11 is 0. The van der Waals surface area contributed by atoms with Gasteiger partial charge in [-0.25, -0.2) is 0 Å². The molecule has 0 radical (unpaired) electrons. The number of rotatable bonds is 3. The largest absolute Gasteiger partial charge is 0.373 e. The van der Waals surface area contributed by atoms with Gasteiger partial charge in [0.25, 0.3) is 0 Å². The molecular formula is C14H19NO4. The minimum Gasteiger partial charge on any atom is -0.373 e. The second-order valence-corrected chi connectivity index (χ2v) is 6.41. The Balaban J connectivity index is 1.95. The fourth-order valence-corrected chi connectivity index (χ4v) is 3.84. The molecule has 3 saturated carbocycles. The van der Waals surface area contributed by atoms with Gasteiger partial charge in [-0.1, -0.05) is 13.8 Å². The van der Waals surface area contributed by atoms with Crippen LogP contribution >= 0.6 is 0 Å². The lowest BCUT2D eigenvalue weighted by Gasteiger charge is -2.50. The van der Waals surface area contributed by atoms with Crippen molar-refractivity contribution in [1.82, 2.24) is 5.32 Å². The first kappa shape index (κ1) is 12.8. The molecule has 1 saturated heterocycles. The van der Waals surface area contributed by atoms with Gasteiger partial charge < -0.3 is 4.74 Å². The molecule has 19 heavy (non-hydrogen) atoms. The number of fused-ring (bicyclic) bond motifs is 2. The summed E-state index contributed by atoms with van der Waals surface area (Å²) < 4.78 is 5.99. The maximum absolute atomic E-state index is 12.1. The second kappa shape index (κ2) is 4.13. The number of ether oxygens (including phenoxy) is 1. The van der Waals surface area contributed by atoms with E-state index >= 15 is 0 Å². The Hall–Kier alpha value is -1.23. The highest BCUT2D eigenvalue weighted by Crippen LogP contribution is 2.53. The van der Waals surface area contributed by atoms with Crippen molar-refractivity contribution in [2.75, 3.05) is 6.61 Å². The van der Waals surface area contributed by atoms with Crippen LogP contribution < -0.4 is 5.32 Å². The average molecular weight is 265 g/mol. The zero-order chi connectivity index (χ0) is 13.8. The Kier molecular flexibility index (Phi) is 2.78. The van der Waals surface area contributed by atoms with E-state index in [1.807, 2.05) is 13.8 Å². The third kappa shape index (κ3) is 1.75. The summed E-state index contributed by atoms with van der Waals surface area (Å²) in [5.41, 5.74) is -0.739. The smallest absolute Gasteiger partial charge is 0.233 e. The monoisotopic (exact) mass is 265 g/mol. The van der Waals surface area contributed by atoms with E-state index in [-0.39, 0.29) is 29.9 Å². The van der Waals surface area contributed by atoms with Crippen molar-refractivity contribution in [3.63, 3.8) is 0 Å². The summed E-state index contributed by atoms with van der Waals surface area (Å²) in [5.74, 6) is -1.35. The average Bonchev–Trinajstić information content (AvgIpc) is 2.65. The molecule has 1 heterocycles. The van der Waals surface area contributed by atoms with Crippen LogP contribution in [0.3, 0.4) is 0 Å². The zero-order valence-electron chi connectivity index (χ0n) is 11.3. The molecule has 1 N–H and O–H groups in total. The van der Waals surface area contributed by atoms with Gasteiger partial charge in [-0.05, 0) is 18.8 Å². The van der Waals surface area contributed by atoms with E-state index in [0.29, 0.717) is 25.4 Å². The highest BCUT2D eigenvalue weighted by atomic mass is 16.5. The van der Waals surface area contributed by atoms with Crippen LogP contribution in [-0.2, 0) is 19.1 Å². The van der Waals surface area contributed by atoms with E-state index in [0.717, 1.165) is 0 Å². The van der Waals surface area contributed by atoms with Crippen LogP contribution in [0.4, 0.5) is 0 Å². The van der Waals surface area contributed by atoms with Crippen molar-refractivity contribution in [3.05, 3.63) is 0 Å². The van der Waals surface area contributed by atoms with Crippen LogP contribution in [0.2, 0.25) is 0 Å². The molecule has 0 aromatic rings. The molecule has 0 aromatic carbocycles. The van der Waals surface area contributed by atoms with Gasteiger partial charge in [0, 0.05) is 18.9 Å². The van der Waals surface area contributed by atoms with Crippen molar-refractivity contribution in [1.29, 1.82) is 0 Å². The van der Waals surface area contributed by atoms with E-state index in [9.17, 15) is 14.4 Å². The summed E-state index contributed by atoms with van der Waals surface area (Å²) in [4.78, 5) is 36.1. The fourth-order valence-electron chi connectivity index (χ4n) is 3.84. The van der Waals surface area contributed by atoms with Crippen LogP contribution in [0.25, 0.3) is 0 Å². The summed E-state index contributed by atoms with van der Waals surface area (Å²) in [6.45, 7) is 4.58. The standard InChI is InChI=1S/C14H19NO4/c1-7(2)6-19-14-4-3-8(9(16)5-14)10-11(14)13(18)15-12(10)17/h7-8,10-11H,3-6H2,1-2H3,(H,15,17,18). The second-order valence-electron chi connectivity index (χ2n) is 6.41. The van der Waals surface area contributed by atoms with Crippen molar-refractivity contribution in [3.8, 4) is 0 Å². The van der Waals surface area contributed by atoms with Gasteiger partial charge in [-0.15, -0.1) is 0 Å². The number of amides is 2. The molecule has 104 valence electrons. The van der Waals surface area contributed by atoms with Gasteiger partial charge >= 0.3 is 0 Å². The Morgan fingerprint density at radius 3 is 2.68 bits per heavy atom. The first-order chi connectivity index (χ1) is 8.94. The molecule has 0 spiro atoms. The topological polar surface area (TPSA) is 72.5 Å². The maximum atomic E-state index is 12.1. The van der Waals surface area contributed by atoms with Gasteiger partial charge in [0.05, 0.1) is 17.4 Å². The number of hydrogen-bond donors (Lipinski definition) is 1. The van der Waals surface area contributed by atoms with Crippen LogP contribution in [0, 0.1) is 23.7 Å². The van der Waals surface area contributed by atoms with Crippen LogP contribution in [0.15, 0.2) is 0 Å². The Morgan fingerprint density at radius 1 is 1.32 bits per heavy atom. The molecule has 5 nitrogen and oxygen atoms in total. The van der Waals surface area contributed by atoms with Gasteiger partial charge in [0.15, 0.2) is 0 Å². The first-order valence-electron chi connectivity index (χ1n) is 6.96. The van der Waals surface area contributed by atoms with Gasteiger partial charge in [-0.3, -0.25) is 19.7 Å². The highest BCUT2D eigenvalue weighted by Gasteiger charge is 2.65. The SMILES string of the molecule is CC(C)COC12CCC(C(=O)C1)C1C(=O)NC(=O)C12. The van der Waals surface area contributed by atoms with Crippen molar-refractivity contribution >= 4 is 17.6 Å². The molecule has 4 aliphatic rings. The van der Waals surface area contributed by atoms with E-state index in [1.165, 1.54) is 0 Å². The summed E-state index contributed by atoms with van der Waals surface area (Å²) in [5, 5.41) is 2.38. The molecular weight excluding hydrogens is 246 g/mol. The van der Waals surface area contributed by atoms with Crippen molar-refractivity contribution in [2.24, 2.45) is 23.7 Å². The molecule has 4 rings (SSSR count). The summed E-state index contributed by atoms with van der Waals surface area (Å²) in [6.07, 6.45) is 1.66. The quantitative estimate of drug-likeness (QED) is 0.761. The number of carbonyl (C=O) groups is 3. The van der Waals surface area contributed by atoms with E-state index < -0.39 is 17.4 Å². The maximum Gasteiger partial charge on any atom is 0.233 e. The van der Waals surface area contributed by atoms with Crippen LogP contribution in [0.5, 0.6) is 0 Å². The Morgan fingerprint density at radius 2 is 2.05 bits per heavy atom. The minimum atomic E-state index is -0.739. The van der Waals surface area contributed by atoms with Crippen molar-refractivity contribution in [2.45, 2.75) is 38.7 Å². The van der Waals surface area contributed by atoms with E-state index in [2.05, 4.69) is 5.32 Å². The summed E-state index contributed by atoms with van der Waals surface area (Å²) in [7, 11) is 0. The lowest BCUT2D eigenvalue weighted by atomic mass is 9.56. The molecule has 4 unspecified atom stereocenters. The third-order valence-electron chi connectivity index (χ3n) is 4.66. The summed E-state index contributed by atoms with van der Waals surface area (Å²) in [6, 6.07) is 0. The van der Waals surface area contributed by atoms with E-state index in [4.69, 9.17) is 4.74 Å². The zero-order valence-corrected chi connectivity index (χ0v) is 11.3. The van der Waals surface area contributed by atoms with Gasteiger partial charge in [-0.2, -0.15) is 0 Å². The van der Waals surface area contributed by atoms with Gasteiger partial charge in [0.1, 0.15) is 5.78 Å². The molecule has 2 bridgehead atoms. The molecule has 1 aliphatic heterocycles. The molecule has 4 atom stereocenters. The molecule has 3 aliphatic carbocycles. The normalized spacial score (nSPS) is 40.8. The number of hydrogen-bond acceptors (Lipinski definition) is 4. The number of Topliss-reactive ketones (excluding diaryl/α,β-unsaturated/α-hetero) is 1. The fraction of sp³-hybridized carbons (Fsp3) is 0.786. The van der Waals surface area contributed by atoms with E-state index in [1.54, 1.807) is 0 Å². The predicted octanol–water partition coefficient (Wildman–Crippen LogP) is 0.669. The number of ketones is 1. The number of carbonyl (C=O) groups excluding carboxylic acids is 3. The van der Waals surface area contributed by atoms with Crippen molar-refractivity contribution < 1.29 is 19.1 Å². The number of imide groups is 1. The molecule has 5 heteroatoms. The Bertz CT molecular complexity index is 458. The van der Waals surface area contributed by atoms with Crippen LogP contribution in [-0.4, -0.2) is 29.8 Å². The van der Waals surface area contributed by atoms with Crippen LogP contribution in [0.1, 0.15) is 33.1 Å². The lowest BCUT2D eigenvalue weighted by molar-refractivity contribution is -0.184. The minimum absolute atomic E-state index is 0.0844. The Labute approximate surface area is 112 Å². The molecule has 2 amide bonds. The molecule has 4 fully saturated rings. The van der Waals surface area contributed by atoms with Gasteiger partial charge in [0.2, 0.25) is 11.8 Å². The number of nitrogens with one attached hydrogen (secondary N) is 1. The first-order valence-corrected chi connectivity index (χ1v) is 6.96. The molecule has 0 aromatic heterocycles. The lowest BCUT2D eigenvalue weighted by Crippen LogP contribution is -2.60. The third-order valence-corrected chi connectivity index (χ3v) is 4.66.